The molecule has 90 valence electrons. The number of aryl methyl sites for hydroxylation is 2. The minimum Gasteiger partial charge on any atom is -0.464 e. The second kappa shape index (κ2) is 4.29. The first-order chi connectivity index (χ1) is 8.04. The van der Waals surface area contributed by atoms with E-state index < -0.39 is 5.97 Å². The third-order valence-electron chi connectivity index (χ3n) is 2.64. The van der Waals surface area contributed by atoms with Gasteiger partial charge in [0, 0.05) is 17.6 Å². The first-order valence-corrected chi connectivity index (χ1v) is 5.91. The average Bonchev–Trinajstić information content (AvgIpc) is 2.83. The number of nitrogens with zero attached hydrogens (tertiary/aromatic N) is 3. The molecule has 0 aromatic carbocycles. The summed E-state index contributed by atoms with van der Waals surface area (Å²) in [6.45, 7) is 3.83. The number of hydrogen-bond acceptors (Lipinski definition) is 5. The Labute approximate surface area is 103 Å². The van der Waals surface area contributed by atoms with E-state index in [1.807, 2.05) is 20.9 Å². The third-order valence-corrected chi connectivity index (χ3v) is 3.65. The van der Waals surface area contributed by atoms with Gasteiger partial charge in [0.15, 0.2) is 5.69 Å². The number of aromatic nitrogens is 3. The number of esters is 1. The number of carbonyl (C=O) groups excluding carboxylic acids is 1. The Morgan fingerprint density at radius 3 is 2.71 bits per heavy atom. The summed E-state index contributed by atoms with van der Waals surface area (Å²) >= 11 is 1.47. The van der Waals surface area contributed by atoms with Crippen LogP contribution in [0.5, 0.6) is 0 Å². The zero-order valence-corrected chi connectivity index (χ0v) is 11.0. The molecule has 0 fully saturated rings. The Balaban J connectivity index is 2.48. The van der Waals surface area contributed by atoms with Crippen LogP contribution in [0.3, 0.4) is 0 Å². The van der Waals surface area contributed by atoms with Crippen molar-refractivity contribution in [3.05, 3.63) is 22.5 Å². The summed E-state index contributed by atoms with van der Waals surface area (Å²) in [4.78, 5) is 16.6. The Hall–Kier alpha value is -1.69. The van der Waals surface area contributed by atoms with Crippen molar-refractivity contribution in [2.45, 2.75) is 13.8 Å². The predicted octanol–water partition coefficient (Wildman–Crippen LogP) is 1.95. The lowest BCUT2D eigenvalue weighted by Gasteiger charge is -1.95. The zero-order chi connectivity index (χ0) is 12.6. The second-order valence-electron chi connectivity index (χ2n) is 3.68. The van der Waals surface area contributed by atoms with Gasteiger partial charge in [-0.25, -0.2) is 9.78 Å². The van der Waals surface area contributed by atoms with Gasteiger partial charge in [0.1, 0.15) is 5.01 Å². The molecule has 2 heterocycles. The van der Waals surface area contributed by atoms with E-state index in [4.69, 9.17) is 0 Å². The van der Waals surface area contributed by atoms with Gasteiger partial charge in [-0.2, -0.15) is 5.10 Å². The van der Waals surface area contributed by atoms with E-state index in [1.54, 1.807) is 10.9 Å². The fraction of sp³-hybridized carbons (Fsp3) is 0.364. The van der Waals surface area contributed by atoms with Crippen LogP contribution >= 0.6 is 11.3 Å². The summed E-state index contributed by atoms with van der Waals surface area (Å²) in [7, 11) is 3.23. The van der Waals surface area contributed by atoms with Crippen LogP contribution in [0, 0.1) is 13.8 Å². The monoisotopic (exact) mass is 251 g/mol. The molecule has 0 aliphatic rings. The molecule has 6 heteroatoms. The van der Waals surface area contributed by atoms with E-state index in [9.17, 15) is 4.79 Å². The van der Waals surface area contributed by atoms with Gasteiger partial charge in [-0.3, -0.25) is 4.68 Å². The van der Waals surface area contributed by atoms with Crippen LogP contribution in [0.25, 0.3) is 10.6 Å². The molecule has 17 heavy (non-hydrogen) atoms. The molecular weight excluding hydrogens is 238 g/mol. The van der Waals surface area contributed by atoms with E-state index in [0.717, 1.165) is 21.1 Å². The minimum atomic E-state index is -0.397. The summed E-state index contributed by atoms with van der Waals surface area (Å²) in [5.41, 5.74) is 2.36. The van der Waals surface area contributed by atoms with E-state index in [1.165, 1.54) is 18.4 Å². The van der Waals surface area contributed by atoms with Crippen molar-refractivity contribution in [1.82, 2.24) is 14.8 Å². The fourth-order valence-electron chi connectivity index (χ4n) is 1.51. The summed E-state index contributed by atoms with van der Waals surface area (Å²) < 4.78 is 6.47. The van der Waals surface area contributed by atoms with Gasteiger partial charge in [-0.1, -0.05) is 0 Å². The summed E-state index contributed by atoms with van der Waals surface area (Å²) in [5, 5.41) is 4.96. The fourth-order valence-corrected chi connectivity index (χ4v) is 2.47. The normalized spacial score (nSPS) is 10.6. The Bertz CT molecular complexity index is 571. The number of rotatable bonds is 2. The van der Waals surface area contributed by atoms with Crippen molar-refractivity contribution >= 4 is 17.3 Å². The van der Waals surface area contributed by atoms with Gasteiger partial charge in [0.05, 0.1) is 18.9 Å². The highest BCUT2D eigenvalue weighted by atomic mass is 32.1. The highest BCUT2D eigenvalue weighted by molar-refractivity contribution is 7.15. The minimum absolute atomic E-state index is 0.385. The van der Waals surface area contributed by atoms with Crippen molar-refractivity contribution in [1.29, 1.82) is 0 Å². The third kappa shape index (κ3) is 1.95. The van der Waals surface area contributed by atoms with E-state index >= 15 is 0 Å². The quantitative estimate of drug-likeness (QED) is 0.765. The average molecular weight is 251 g/mol. The first kappa shape index (κ1) is 11.8. The van der Waals surface area contributed by atoms with E-state index in [2.05, 4.69) is 14.8 Å². The largest absolute Gasteiger partial charge is 0.464 e. The van der Waals surface area contributed by atoms with E-state index in [-0.39, 0.29) is 0 Å². The number of thiazole rings is 1. The smallest absolute Gasteiger partial charge is 0.357 e. The van der Waals surface area contributed by atoms with Crippen molar-refractivity contribution in [3.8, 4) is 10.6 Å². The van der Waals surface area contributed by atoms with Gasteiger partial charge in [-0.15, -0.1) is 11.3 Å². The Morgan fingerprint density at radius 2 is 2.18 bits per heavy atom. The Kier molecular flexibility index (Phi) is 2.97. The molecule has 0 saturated carbocycles. The molecule has 0 radical (unpaired) electrons. The van der Waals surface area contributed by atoms with Gasteiger partial charge >= 0.3 is 5.97 Å². The van der Waals surface area contributed by atoms with Gasteiger partial charge in [0.2, 0.25) is 0 Å². The van der Waals surface area contributed by atoms with Gasteiger partial charge in [0.25, 0.3) is 0 Å². The molecule has 0 unspecified atom stereocenters. The van der Waals surface area contributed by atoms with Crippen molar-refractivity contribution in [2.24, 2.45) is 7.05 Å². The van der Waals surface area contributed by atoms with E-state index in [0.29, 0.717) is 5.69 Å². The molecule has 5 nitrogen and oxygen atoms in total. The molecule has 0 spiro atoms. The lowest BCUT2D eigenvalue weighted by atomic mass is 10.3. The highest BCUT2D eigenvalue weighted by Crippen LogP contribution is 2.29. The maximum Gasteiger partial charge on any atom is 0.357 e. The van der Waals surface area contributed by atoms with Crippen molar-refractivity contribution in [2.75, 3.05) is 7.11 Å². The van der Waals surface area contributed by atoms with Crippen LogP contribution in [0.2, 0.25) is 0 Å². The lowest BCUT2D eigenvalue weighted by molar-refractivity contribution is 0.0594. The number of carbonyl (C=O) groups is 1. The summed E-state index contributed by atoms with van der Waals surface area (Å²) in [6.07, 6.45) is 1.76. The molecule has 0 saturated heterocycles. The highest BCUT2D eigenvalue weighted by Gasteiger charge is 2.18. The number of methoxy groups -OCH3 is 1. The molecule has 0 N–H and O–H groups in total. The first-order valence-electron chi connectivity index (χ1n) is 5.09. The van der Waals surface area contributed by atoms with Crippen LogP contribution in [0.1, 0.15) is 21.1 Å². The number of ether oxygens (including phenoxy) is 1. The lowest BCUT2D eigenvalue weighted by Crippen LogP contribution is -2.03. The topological polar surface area (TPSA) is 57.0 Å². The molecular formula is C11H13N3O2S. The second-order valence-corrected chi connectivity index (χ2v) is 4.89. The van der Waals surface area contributed by atoms with Crippen molar-refractivity contribution < 1.29 is 9.53 Å². The van der Waals surface area contributed by atoms with Crippen LogP contribution in [0.4, 0.5) is 0 Å². The van der Waals surface area contributed by atoms with Gasteiger partial charge in [-0.05, 0) is 13.8 Å². The molecule has 0 atom stereocenters. The van der Waals surface area contributed by atoms with Crippen LogP contribution in [0.15, 0.2) is 6.20 Å². The molecule has 2 rings (SSSR count). The summed E-state index contributed by atoms with van der Waals surface area (Å²) in [6, 6.07) is 0. The molecule has 2 aromatic heterocycles. The molecule has 0 amide bonds. The predicted molar refractivity (Wildman–Crippen MR) is 65.1 cm³/mol. The maximum atomic E-state index is 11.5. The van der Waals surface area contributed by atoms with Crippen LogP contribution in [-0.2, 0) is 11.8 Å². The molecule has 0 aliphatic heterocycles. The molecule has 0 bridgehead atoms. The van der Waals surface area contributed by atoms with Crippen molar-refractivity contribution in [3.63, 3.8) is 0 Å². The maximum absolute atomic E-state index is 11.5. The van der Waals surface area contributed by atoms with Crippen LogP contribution < -0.4 is 0 Å². The molecule has 0 aliphatic carbocycles. The zero-order valence-electron chi connectivity index (χ0n) is 10.1. The van der Waals surface area contributed by atoms with Crippen LogP contribution in [-0.4, -0.2) is 27.8 Å². The standard InChI is InChI=1S/C11H13N3O2S/c1-6-8(5-12-14(6)3)10-13-9(7(2)17-10)11(15)16-4/h5H,1-4H3. The summed E-state index contributed by atoms with van der Waals surface area (Å²) in [5.74, 6) is -0.397. The number of hydrogen-bond donors (Lipinski definition) is 0. The Morgan fingerprint density at radius 1 is 1.47 bits per heavy atom. The SMILES string of the molecule is COC(=O)c1nc(-c2cnn(C)c2C)sc1C. The molecule has 2 aromatic rings. The van der Waals surface area contributed by atoms with Gasteiger partial charge < -0.3 is 4.74 Å².